The fraction of sp³-hybridized carbons (Fsp3) is 0.429. The van der Waals surface area contributed by atoms with Gasteiger partial charge in [-0.3, -0.25) is 0 Å². The molecule has 1 atom stereocenters. The van der Waals surface area contributed by atoms with Gasteiger partial charge in [0.05, 0.1) is 5.69 Å². The highest BCUT2D eigenvalue weighted by Crippen LogP contribution is 2.20. The lowest BCUT2D eigenvalue weighted by molar-refractivity contribution is 0.0693. The maximum atomic E-state index is 13.6. The zero-order valence-electron chi connectivity index (χ0n) is 12.0. The van der Waals surface area contributed by atoms with Crippen molar-refractivity contribution in [2.45, 2.75) is 13.0 Å². The molecule has 1 aromatic rings. The van der Waals surface area contributed by atoms with Crippen LogP contribution in [0.1, 0.15) is 17.3 Å². The van der Waals surface area contributed by atoms with E-state index in [1.807, 2.05) is 14.0 Å². The van der Waals surface area contributed by atoms with Gasteiger partial charge in [-0.05, 0) is 26.1 Å². The Bertz CT molecular complexity index is 564. The van der Waals surface area contributed by atoms with Gasteiger partial charge in [-0.25, -0.2) is 14.0 Å². The topological polar surface area (TPSA) is 72.9 Å². The van der Waals surface area contributed by atoms with Crippen LogP contribution >= 0.6 is 0 Å². The summed E-state index contributed by atoms with van der Waals surface area (Å²) in [6.07, 6.45) is 0. The number of benzene rings is 1. The first-order valence-electron chi connectivity index (χ1n) is 6.68. The Morgan fingerprint density at radius 1 is 1.38 bits per heavy atom. The van der Waals surface area contributed by atoms with E-state index >= 15 is 0 Å². The Kier molecular flexibility index (Phi) is 4.42. The molecule has 0 saturated carbocycles. The summed E-state index contributed by atoms with van der Waals surface area (Å²) in [7, 11) is 1.97. The molecule has 1 fully saturated rings. The summed E-state index contributed by atoms with van der Waals surface area (Å²) in [6.45, 7) is 3.94. The van der Waals surface area contributed by atoms with E-state index in [0.29, 0.717) is 6.54 Å². The number of hydrogen-bond acceptors (Lipinski definition) is 3. The molecule has 1 aliphatic heterocycles. The third-order valence-corrected chi connectivity index (χ3v) is 3.56. The van der Waals surface area contributed by atoms with Gasteiger partial charge in [0.1, 0.15) is 11.4 Å². The molecule has 1 aromatic carbocycles. The van der Waals surface area contributed by atoms with Gasteiger partial charge in [-0.1, -0.05) is 6.07 Å². The molecule has 1 heterocycles. The highest BCUT2D eigenvalue weighted by atomic mass is 19.1. The predicted molar refractivity (Wildman–Crippen MR) is 76.0 cm³/mol. The van der Waals surface area contributed by atoms with Crippen LogP contribution in [-0.4, -0.2) is 59.6 Å². The minimum absolute atomic E-state index is 0.00517. The molecule has 0 radical (unpaired) electrons. The highest BCUT2D eigenvalue weighted by molar-refractivity contribution is 6.00. The first-order valence-corrected chi connectivity index (χ1v) is 6.68. The third-order valence-electron chi connectivity index (χ3n) is 3.56. The number of amides is 2. The Morgan fingerprint density at radius 2 is 2.10 bits per heavy atom. The van der Waals surface area contributed by atoms with Crippen molar-refractivity contribution >= 4 is 17.7 Å². The predicted octanol–water partition coefficient (Wildman–Crippen LogP) is 1.69. The number of likely N-dealkylation sites (N-methyl/N-ethyl adjacent to an activating group) is 1. The normalized spacial score (nSPS) is 19.4. The van der Waals surface area contributed by atoms with Crippen molar-refractivity contribution < 1.29 is 19.1 Å². The molecule has 2 N–H and O–H groups in total. The number of carboxylic acids is 1. The number of urea groups is 1. The van der Waals surface area contributed by atoms with Crippen molar-refractivity contribution in [3.05, 3.63) is 29.6 Å². The second-order valence-electron chi connectivity index (χ2n) is 5.20. The van der Waals surface area contributed by atoms with E-state index in [1.54, 1.807) is 4.90 Å². The van der Waals surface area contributed by atoms with Gasteiger partial charge in [0.15, 0.2) is 0 Å². The second kappa shape index (κ2) is 6.09. The molecular formula is C14H18FN3O3. The van der Waals surface area contributed by atoms with Crippen LogP contribution in [-0.2, 0) is 0 Å². The van der Waals surface area contributed by atoms with Crippen molar-refractivity contribution in [3.8, 4) is 0 Å². The zero-order valence-corrected chi connectivity index (χ0v) is 12.0. The van der Waals surface area contributed by atoms with Crippen LogP contribution in [0.2, 0.25) is 0 Å². The smallest absolute Gasteiger partial charge is 0.340 e. The van der Waals surface area contributed by atoms with Crippen LogP contribution in [0.4, 0.5) is 14.9 Å². The first kappa shape index (κ1) is 15.2. The van der Waals surface area contributed by atoms with Crippen LogP contribution in [0.25, 0.3) is 0 Å². The standard InChI is InChI=1S/C14H18FN3O3/c1-9-8-17(2)6-7-18(9)14(21)16-11-5-3-4-10(15)12(11)13(19)20/h3-5,9H,6-8H2,1-2H3,(H,16,21)(H,19,20). The van der Waals surface area contributed by atoms with Gasteiger partial charge in [0, 0.05) is 25.7 Å². The number of aromatic carboxylic acids is 1. The summed E-state index contributed by atoms with van der Waals surface area (Å²) in [5.74, 6) is -2.28. The van der Waals surface area contributed by atoms with Crippen molar-refractivity contribution in [1.82, 2.24) is 9.80 Å². The van der Waals surface area contributed by atoms with Crippen molar-refractivity contribution in [3.63, 3.8) is 0 Å². The molecule has 0 spiro atoms. The Morgan fingerprint density at radius 3 is 2.71 bits per heavy atom. The van der Waals surface area contributed by atoms with Gasteiger partial charge in [0.25, 0.3) is 0 Å². The quantitative estimate of drug-likeness (QED) is 0.871. The summed E-state index contributed by atoms with van der Waals surface area (Å²) in [4.78, 5) is 27.1. The van der Waals surface area contributed by atoms with E-state index in [1.165, 1.54) is 12.1 Å². The van der Waals surface area contributed by atoms with Crippen molar-refractivity contribution in [2.75, 3.05) is 32.0 Å². The number of anilines is 1. The maximum absolute atomic E-state index is 13.6. The number of carbonyl (C=O) groups is 2. The van der Waals surface area contributed by atoms with E-state index in [4.69, 9.17) is 5.11 Å². The largest absolute Gasteiger partial charge is 0.478 e. The van der Waals surface area contributed by atoms with Crippen molar-refractivity contribution in [2.24, 2.45) is 0 Å². The van der Waals surface area contributed by atoms with E-state index in [-0.39, 0.29) is 11.7 Å². The molecule has 1 unspecified atom stereocenters. The van der Waals surface area contributed by atoms with Crippen molar-refractivity contribution in [1.29, 1.82) is 0 Å². The minimum atomic E-state index is -1.41. The van der Waals surface area contributed by atoms with E-state index < -0.39 is 23.4 Å². The van der Waals surface area contributed by atoms with Crippen LogP contribution in [0.5, 0.6) is 0 Å². The van der Waals surface area contributed by atoms with Crippen LogP contribution in [0, 0.1) is 5.82 Å². The highest BCUT2D eigenvalue weighted by Gasteiger charge is 2.27. The minimum Gasteiger partial charge on any atom is -0.478 e. The fourth-order valence-electron chi connectivity index (χ4n) is 2.47. The van der Waals surface area contributed by atoms with Gasteiger partial charge in [0.2, 0.25) is 0 Å². The molecular weight excluding hydrogens is 277 g/mol. The molecule has 1 saturated heterocycles. The Balaban J connectivity index is 2.17. The number of carbonyl (C=O) groups excluding carboxylic acids is 1. The maximum Gasteiger partial charge on any atom is 0.340 e. The summed E-state index contributed by atoms with van der Waals surface area (Å²) in [6, 6.07) is 3.39. The summed E-state index contributed by atoms with van der Waals surface area (Å²) in [5, 5.41) is 11.5. The number of halogens is 1. The number of rotatable bonds is 2. The zero-order chi connectivity index (χ0) is 15.6. The summed E-state index contributed by atoms with van der Waals surface area (Å²) < 4.78 is 13.6. The Labute approximate surface area is 122 Å². The van der Waals surface area contributed by atoms with Crippen LogP contribution in [0.15, 0.2) is 18.2 Å². The average molecular weight is 295 g/mol. The molecule has 2 amide bonds. The molecule has 7 heteroatoms. The monoisotopic (exact) mass is 295 g/mol. The fourth-order valence-corrected chi connectivity index (χ4v) is 2.47. The molecule has 6 nitrogen and oxygen atoms in total. The molecule has 0 bridgehead atoms. The number of piperazine rings is 1. The first-order chi connectivity index (χ1) is 9.90. The molecule has 21 heavy (non-hydrogen) atoms. The third kappa shape index (κ3) is 3.30. The van der Waals surface area contributed by atoms with Gasteiger partial charge >= 0.3 is 12.0 Å². The molecule has 114 valence electrons. The van der Waals surface area contributed by atoms with Crippen LogP contribution < -0.4 is 5.32 Å². The number of hydrogen-bond donors (Lipinski definition) is 2. The lowest BCUT2D eigenvalue weighted by atomic mass is 10.1. The van der Waals surface area contributed by atoms with Gasteiger partial charge in [-0.2, -0.15) is 0 Å². The molecule has 0 aromatic heterocycles. The summed E-state index contributed by atoms with van der Waals surface area (Å²) in [5.41, 5.74) is -0.550. The second-order valence-corrected chi connectivity index (χ2v) is 5.20. The number of carboxylic acid groups (broad SMARTS) is 1. The van der Waals surface area contributed by atoms with Gasteiger partial charge in [-0.15, -0.1) is 0 Å². The molecule has 1 aliphatic rings. The van der Waals surface area contributed by atoms with Crippen LogP contribution in [0.3, 0.4) is 0 Å². The van der Waals surface area contributed by atoms with E-state index in [2.05, 4.69) is 10.2 Å². The molecule has 2 rings (SSSR count). The average Bonchev–Trinajstić information content (AvgIpc) is 2.37. The molecule has 0 aliphatic carbocycles. The lowest BCUT2D eigenvalue weighted by Gasteiger charge is -2.38. The van der Waals surface area contributed by atoms with Gasteiger partial charge < -0.3 is 20.2 Å². The number of nitrogens with zero attached hydrogens (tertiary/aromatic N) is 2. The lowest BCUT2D eigenvalue weighted by Crippen LogP contribution is -2.54. The SMILES string of the molecule is CC1CN(C)CCN1C(=O)Nc1cccc(F)c1C(=O)O. The number of nitrogens with one attached hydrogen (secondary N) is 1. The van der Waals surface area contributed by atoms with E-state index in [0.717, 1.165) is 19.2 Å². The Hall–Kier alpha value is -2.15. The summed E-state index contributed by atoms with van der Waals surface area (Å²) >= 11 is 0. The van der Waals surface area contributed by atoms with E-state index in [9.17, 15) is 14.0 Å².